The van der Waals surface area contributed by atoms with Crippen molar-refractivity contribution in [2.24, 2.45) is 11.8 Å². The second-order valence-electron chi connectivity index (χ2n) is 5.76. The van der Waals surface area contributed by atoms with Gasteiger partial charge in [-0.2, -0.15) is 5.10 Å². The lowest BCUT2D eigenvalue weighted by atomic mass is 9.96. The normalized spacial score (nSPS) is 21.8. The Hall–Kier alpha value is -1.15. The number of halogens is 1. The van der Waals surface area contributed by atoms with Crippen molar-refractivity contribution >= 4 is 17.5 Å². The summed E-state index contributed by atoms with van der Waals surface area (Å²) in [5.41, 5.74) is 0.312. The Kier molecular flexibility index (Phi) is 6.19. The van der Waals surface area contributed by atoms with Crippen molar-refractivity contribution in [2.75, 3.05) is 53.6 Å². The Labute approximate surface area is 135 Å². The summed E-state index contributed by atoms with van der Waals surface area (Å²) in [7, 11) is 3.69. The van der Waals surface area contributed by atoms with Crippen molar-refractivity contribution in [1.82, 2.24) is 20.0 Å². The first-order chi connectivity index (χ1) is 10.6. The summed E-state index contributed by atoms with van der Waals surface area (Å²) in [5.74, 6) is 0.149. The third-order valence-corrected chi connectivity index (χ3v) is 4.42. The minimum absolute atomic E-state index is 0.0727. The van der Waals surface area contributed by atoms with Gasteiger partial charge in [-0.05, 0) is 13.0 Å². The van der Waals surface area contributed by atoms with E-state index in [-0.39, 0.29) is 24.3 Å². The molecule has 1 aromatic heterocycles. The van der Waals surface area contributed by atoms with Gasteiger partial charge in [-0.25, -0.2) is 0 Å². The Morgan fingerprint density at radius 3 is 2.91 bits per heavy atom. The molecular weight excluding hydrogens is 308 g/mol. The van der Waals surface area contributed by atoms with Crippen LogP contribution in [-0.2, 0) is 4.74 Å². The van der Waals surface area contributed by atoms with E-state index < -0.39 is 0 Å². The molecule has 2 heterocycles. The fourth-order valence-electron chi connectivity index (χ4n) is 2.84. The van der Waals surface area contributed by atoms with E-state index in [1.165, 1.54) is 6.20 Å². The van der Waals surface area contributed by atoms with Gasteiger partial charge in [0.1, 0.15) is 5.69 Å². The molecule has 1 aliphatic rings. The lowest BCUT2D eigenvalue weighted by Gasteiger charge is -2.23. The van der Waals surface area contributed by atoms with Crippen molar-refractivity contribution in [3.8, 4) is 0 Å². The minimum atomic E-state index is -0.164. The minimum Gasteiger partial charge on any atom is -0.396 e. The zero-order chi connectivity index (χ0) is 16.1. The van der Waals surface area contributed by atoms with E-state index in [0.29, 0.717) is 30.4 Å². The number of hydrogen-bond donors (Lipinski definition) is 2. The van der Waals surface area contributed by atoms with Crippen molar-refractivity contribution in [2.45, 2.75) is 0 Å². The van der Waals surface area contributed by atoms with Crippen LogP contribution in [0.25, 0.3) is 0 Å². The standard InChI is InChI=1S/C14H23ClN4O3/c1-18(3-4-22-2)6-10-7-19(8-11(10)9-20)14(21)13-12(15)5-16-17-13/h5,10-11,20H,3-4,6-9H2,1-2H3,(H,16,17)/t10-,11-/m1/s1. The Morgan fingerprint density at radius 1 is 1.59 bits per heavy atom. The number of H-pyrrole nitrogens is 1. The van der Waals surface area contributed by atoms with Crippen molar-refractivity contribution in [3.05, 3.63) is 16.9 Å². The average Bonchev–Trinajstić information content (AvgIpc) is 3.10. The van der Waals surface area contributed by atoms with Gasteiger partial charge in [0.2, 0.25) is 0 Å². The fraction of sp³-hybridized carbons (Fsp3) is 0.714. The predicted molar refractivity (Wildman–Crippen MR) is 82.9 cm³/mol. The van der Waals surface area contributed by atoms with Gasteiger partial charge in [0.25, 0.3) is 5.91 Å². The van der Waals surface area contributed by atoms with Crippen molar-refractivity contribution < 1.29 is 14.6 Å². The number of aromatic nitrogens is 2. The van der Waals surface area contributed by atoms with Crippen LogP contribution in [-0.4, -0.2) is 84.6 Å². The van der Waals surface area contributed by atoms with E-state index in [1.807, 2.05) is 7.05 Å². The number of aliphatic hydroxyl groups is 1. The molecule has 0 aromatic carbocycles. The molecule has 2 atom stereocenters. The van der Waals surface area contributed by atoms with Crippen LogP contribution in [0.1, 0.15) is 10.5 Å². The van der Waals surface area contributed by atoms with Crippen molar-refractivity contribution in [1.29, 1.82) is 0 Å². The number of rotatable bonds is 7. The van der Waals surface area contributed by atoms with Gasteiger partial charge in [0.15, 0.2) is 0 Å². The van der Waals surface area contributed by atoms with E-state index in [4.69, 9.17) is 16.3 Å². The van der Waals surface area contributed by atoms with Crippen LogP contribution in [0.5, 0.6) is 0 Å². The number of carbonyl (C=O) groups is 1. The molecule has 1 aliphatic heterocycles. The number of amides is 1. The largest absolute Gasteiger partial charge is 0.396 e. The van der Waals surface area contributed by atoms with Gasteiger partial charge in [-0.1, -0.05) is 11.6 Å². The van der Waals surface area contributed by atoms with Gasteiger partial charge in [-0.3, -0.25) is 9.89 Å². The van der Waals surface area contributed by atoms with Crippen LogP contribution in [0.3, 0.4) is 0 Å². The Morgan fingerprint density at radius 2 is 2.32 bits per heavy atom. The van der Waals surface area contributed by atoms with Crippen LogP contribution in [0.4, 0.5) is 0 Å². The molecule has 0 unspecified atom stereocenters. The number of nitrogens with one attached hydrogen (secondary N) is 1. The number of aromatic amines is 1. The maximum Gasteiger partial charge on any atom is 0.273 e. The fourth-order valence-corrected chi connectivity index (χ4v) is 3.01. The number of ether oxygens (including phenoxy) is 1. The van der Waals surface area contributed by atoms with Gasteiger partial charge in [0, 0.05) is 45.8 Å². The summed E-state index contributed by atoms with van der Waals surface area (Å²) < 4.78 is 5.07. The number of nitrogens with zero attached hydrogens (tertiary/aromatic N) is 3. The number of aliphatic hydroxyl groups excluding tert-OH is 1. The van der Waals surface area contributed by atoms with Crippen LogP contribution < -0.4 is 0 Å². The molecule has 0 radical (unpaired) electrons. The highest BCUT2D eigenvalue weighted by Gasteiger charge is 2.36. The van der Waals surface area contributed by atoms with Crippen LogP contribution >= 0.6 is 11.6 Å². The van der Waals surface area contributed by atoms with Gasteiger partial charge in [0.05, 0.1) is 17.8 Å². The zero-order valence-corrected chi connectivity index (χ0v) is 13.7. The number of likely N-dealkylation sites (N-methyl/N-ethyl adjacent to an activating group) is 1. The van der Waals surface area contributed by atoms with Crippen LogP contribution in [0.15, 0.2) is 6.20 Å². The van der Waals surface area contributed by atoms with Crippen molar-refractivity contribution in [3.63, 3.8) is 0 Å². The smallest absolute Gasteiger partial charge is 0.273 e. The summed E-state index contributed by atoms with van der Waals surface area (Å²) in [4.78, 5) is 16.3. The molecule has 0 aliphatic carbocycles. The highest BCUT2D eigenvalue weighted by Crippen LogP contribution is 2.26. The quantitative estimate of drug-likeness (QED) is 0.752. The lowest BCUT2D eigenvalue weighted by molar-refractivity contribution is 0.0773. The first kappa shape index (κ1) is 17.2. The molecule has 22 heavy (non-hydrogen) atoms. The van der Waals surface area contributed by atoms with Gasteiger partial charge >= 0.3 is 0 Å². The molecule has 2 N–H and O–H groups in total. The zero-order valence-electron chi connectivity index (χ0n) is 13.0. The SMILES string of the molecule is COCCN(C)C[C@@H]1CN(C(=O)c2[nH]ncc2Cl)C[C@@H]1CO. The topological polar surface area (TPSA) is 81.7 Å². The average molecular weight is 331 g/mol. The molecule has 1 amide bonds. The number of methoxy groups -OCH3 is 1. The maximum absolute atomic E-state index is 12.4. The van der Waals surface area contributed by atoms with Crippen LogP contribution in [0, 0.1) is 11.8 Å². The summed E-state index contributed by atoms with van der Waals surface area (Å²) in [6, 6.07) is 0. The second kappa shape index (κ2) is 7.92. The number of likely N-dealkylation sites (tertiary alicyclic amines) is 1. The highest BCUT2D eigenvalue weighted by molar-refractivity contribution is 6.33. The molecule has 0 bridgehead atoms. The Balaban J connectivity index is 1.97. The lowest BCUT2D eigenvalue weighted by Crippen LogP contribution is -2.34. The molecule has 0 saturated carbocycles. The number of hydrogen-bond acceptors (Lipinski definition) is 5. The van der Waals surface area contributed by atoms with Gasteiger partial charge < -0.3 is 19.6 Å². The second-order valence-corrected chi connectivity index (χ2v) is 6.17. The molecule has 7 nitrogen and oxygen atoms in total. The summed E-state index contributed by atoms with van der Waals surface area (Å²) in [6.07, 6.45) is 1.42. The highest BCUT2D eigenvalue weighted by atomic mass is 35.5. The van der Waals surface area contributed by atoms with E-state index in [0.717, 1.165) is 13.1 Å². The third kappa shape index (κ3) is 3.98. The maximum atomic E-state index is 12.4. The summed E-state index contributed by atoms with van der Waals surface area (Å²) in [6.45, 7) is 3.52. The molecule has 0 spiro atoms. The molecular formula is C14H23ClN4O3. The molecule has 2 rings (SSSR count). The first-order valence-electron chi connectivity index (χ1n) is 7.33. The van der Waals surface area contributed by atoms with E-state index >= 15 is 0 Å². The molecule has 8 heteroatoms. The third-order valence-electron chi connectivity index (χ3n) is 4.13. The summed E-state index contributed by atoms with van der Waals surface area (Å²) in [5, 5.41) is 16.3. The van der Waals surface area contributed by atoms with E-state index in [2.05, 4.69) is 15.1 Å². The molecule has 124 valence electrons. The molecule has 1 fully saturated rings. The summed E-state index contributed by atoms with van der Waals surface area (Å²) >= 11 is 5.95. The molecule has 1 saturated heterocycles. The van der Waals surface area contributed by atoms with Crippen LogP contribution in [0.2, 0.25) is 5.02 Å². The first-order valence-corrected chi connectivity index (χ1v) is 7.71. The number of carbonyl (C=O) groups excluding carboxylic acids is 1. The monoisotopic (exact) mass is 330 g/mol. The van der Waals surface area contributed by atoms with Gasteiger partial charge in [-0.15, -0.1) is 0 Å². The predicted octanol–water partition coefficient (Wildman–Crippen LogP) is 0.322. The van der Waals surface area contributed by atoms with E-state index in [9.17, 15) is 9.90 Å². The molecule has 1 aromatic rings. The Bertz CT molecular complexity index is 496. The van der Waals surface area contributed by atoms with E-state index in [1.54, 1.807) is 12.0 Å².